The van der Waals surface area contributed by atoms with Crippen LogP contribution < -0.4 is 0 Å². The van der Waals surface area contributed by atoms with Gasteiger partial charge >= 0.3 is 0 Å². The lowest BCUT2D eigenvalue weighted by Gasteiger charge is -2.35. The third-order valence-corrected chi connectivity index (χ3v) is 4.79. The highest BCUT2D eigenvalue weighted by Gasteiger charge is 2.32. The van der Waals surface area contributed by atoms with E-state index in [2.05, 4.69) is 74.5 Å². The summed E-state index contributed by atoms with van der Waals surface area (Å²) in [4.78, 5) is 0. The minimum absolute atomic E-state index is 0.186. The molecule has 0 N–H and O–H groups in total. The molecule has 0 amide bonds. The molecule has 2 aromatic carbocycles. The Morgan fingerprint density at radius 3 is 1.59 bits per heavy atom. The van der Waals surface area contributed by atoms with E-state index in [0.29, 0.717) is 0 Å². The summed E-state index contributed by atoms with van der Waals surface area (Å²) in [6, 6.07) is 22.3. The van der Waals surface area contributed by atoms with E-state index in [1.54, 1.807) is 0 Å². The maximum absolute atomic E-state index is 2.32. The van der Waals surface area contributed by atoms with Gasteiger partial charge in [0.2, 0.25) is 0 Å². The molecule has 0 heteroatoms. The summed E-state index contributed by atoms with van der Waals surface area (Å²) in [6.07, 6.45) is 9.03. The van der Waals surface area contributed by atoms with Gasteiger partial charge in [0.25, 0.3) is 0 Å². The van der Waals surface area contributed by atoms with Crippen molar-refractivity contribution in [1.82, 2.24) is 0 Å². The van der Waals surface area contributed by atoms with Crippen molar-refractivity contribution in [2.45, 2.75) is 64.2 Å². The summed E-state index contributed by atoms with van der Waals surface area (Å²) in [5.41, 5.74) is 3.16. The SMILES string of the molecule is CCCCCCC(CCC)(c1ccccc1)c1ccccc1. The highest BCUT2D eigenvalue weighted by molar-refractivity contribution is 5.39. The van der Waals surface area contributed by atoms with Crippen LogP contribution in [-0.4, -0.2) is 0 Å². The fraction of sp³-hybridized carbons (Fsp3) is 0.455. The number of unbranched alkanes of at least 4 members (excludes halogenated alkanes) is 3. The number of benzene rings is 2. The third kappa shape index (κ3) is 4.00. The number of hydrogen-bond donors (Lipinski definition) is 0. The van der Waals surface area contributed by atoms with Crippen LogP contribution in [0.2, 0.25) is 0 Å². The lowest BCUT2D eigenvalue weighted by atomic mass is 9.68. The van der Waals surface area contributed by atoms with E-state index in [-0.39, 0.29) is 5.41 Å². The predicted octanol–water partition coefficient (Wildman–Crippen LogP) is 6.74. The molecule has 0 spiro atoms. The van der Waals surface area contributed by atoms with Crippen molar-refractivity contribution in [2.24, 2.45) is 0 Å². The Balaban J connectivity index is 2.36. The van der Waals surface area contributed by atoms with Gasteiger partial charge in [0.1, 0.15) is 0 Å². The number of rotatable bonds is 9. The van der Waals surface area contributed by atoms with Crippen LogP contribution in [0, 0.1) is 0 Å². The smallest absolute Gasteiger partial charge is 0.0202 e. The highest BCUT2D eigenvalue weighted by atomic mass is 14.4. The monoisotopic (exact) mass is 294 g/mol. The average molecular weight is 294 g/mol. The van der Waals surface area contributed by atoms with E-state index < -0.39 is 0 Å². The molecule has 0 bridgehead atoms. The van der Waals surface area contributed by atoms with Gasteiger partial charge in [0.05, 0.1) is 0 Å². The molecule has 0 fully saturated rings. The van der Waals surface area contributed by atoms with Crippen molar-refractivity contribution in [3.8, 4) is 0 Å². The Kier molecular flexibility index (Phi) is 6.71. The van der Waals surface area contributed by atoms with Crippen molar-refractivity contribution in [1.29, 1.82) is 0 Å². The summed E-state index contributed by atoms with van der Waals surface area (Å²) in [5, 5.41) is 0. The number of hydrogen-bond acceptors (Lipinski definition) is 0. The topological polar surface area (TPSA) is 0 Å². The van der Waals surface area contributed by atoms with Gasteiger partial charge in [-0.25, -0.2) is 0 Å². The lowest BCUT2D eigenvalue weighted by Crippen LogP contribution is -2.27. The summed E-state index contributed by atoms with van der Waals surface area (Å²) in [7, 11) is 0. The quantitative estimate of drug-likeness (QED) is 0.449. The minimum atomic E-state index is 0.186. The molecular formula is C22H30. The molecule has 0 saturated heterocycles. The highest BCUT2D eigenvalue weighted by Crippen LogP contribution is 2.41. The largest absolute Gasteiger partial charge is 0.0654 e. The van der Waals surface area contributed by atoms with Crippen molar-refractivity contribution < 1.29 is 0 Å². The Labute approximate surface area is 136 Å². The van der Waals surface area contributed by atoms with E-state index in [1.165, 1.54) is 56.1 Å². The molecular weight excluding hydrogens is 264 g/mol. The molecule has 0 aliphatic carbocycles. The maximum Gasteiger partial charge on any atom is 0.0202 e. The maximum atomic E-state index is 2.32. The zero-order valence-corrected chi connectivity index (χ0v) is 14.2. The molecule has 0 nitrogen and oxygen atoms in total. The second-order valence-corrected chi connectivity index (χ2v) is 6.37. The molecule has 0 unspecified atom stereocenters. The molecule has 118 valence electrons. The first kappa shape index (κ1) is 16.8. The molecule has 22 heavy (non-hydrogen) atoms. The summed E-state index contributed by atoms with van der Waals surface area (Å²) >= 11 is 0. The zero-order valence-electron chi connectivity index (χ0n) is 14.2. The van der Waals surface area contributed by atoms with Crippen LogP contribution in [0.3, 0.4) is 0 Å². The van der Waals surface area contributed by atoms with Crippen LogP contribution >= 0.6 is 0 Å². The van der Waals surface area contributed by atoms with Gasteiger partial charge in [0, 0.05) is 5.41 Å². The van der Waals surface area contributed by atoms with Crippen molar-refractivity contribution >= 4 is 0 Å². The Hall–Kier alpha value is -1.56. The second kappa shape index (κ2) is 8.78. The Morgan fingerprint density at radius 2 is 1.14 bits per heavy atom. The van der Waals surface area contributed by atoms with E-state index in [0.717, 1.165) is 0 Å². The summed E-state index contributed by atoms with van der Waals surface area (Å²) < 4.78 is 0. The van der Waals surface area contributed by atoms with Crippen LogP contribution in [0.4, 0.5) is 0 Å². The first-order valence-electron chi connectivity index (χ1n) is 8.94. The fourth-order valence-electron chi connectivity index (χ4n) is 3.66. The first-order valence-corrected chi connectivity index (χ1v) is 8.94. The first-order chi connectivity index (χ1) is 10.8. The van der Waals surface area contributed by atoms with Gasteiger partial charge < -0.3 is 0 Å². The molecule has 0 saturated carbocycles. The standard InChI is InChI=1S/C22H30/c1-3-5-6-13-19-22(18-4-2,20-14-9-7-10-15-20)21-16-11-8-12-17-21/h7-12,14-17H,3-6,13,18-19H2,1-2H3. The molecule has 0 radical (unpaired) electrons. The summed E-state index contributed by atoms with van der Waals surface area (Å²) in [5.74, 6) is 0. The molecule has 0 aliphatic heterocycles. The van der Waals surface area contributed by atoms with Gasteiger partial charge in [-0.1, -0.05) is 107 Å². The molecule has 2 rings (SSSR count). The van der Waals surface area contributed by atoms with E-state index in [1.807, 2.05) is 0 Å². The molecule has 0 heterocycles. The molecule has 0 atom stereocenters. The van der Waals surface area contributed by atoms with Crippen LogP contribution in [0.15, 0.2) is 60.7 Å². The average Bonchev–Trinajstić information content (AvgIpc) is 2.59. The van der Waals surface area contributed by atoms with E-state index >= 15 is 0 Å². The van der Waals surface area contributed by atoms with Crippen molar-refractivity contribution in [3.63, 3.8) is 0 Å². The second-order valence-electron chi connectivity index (χ2n) is 6.37. The van der Waals surface area contributed by atoms with Gasteiger partial charge in [-0.05, 0) is 24.0 Å². The molecule has 0 aliphatic rings. The molecule has 0 aromatic heterocycles. The summed E-state index contributed by atoms with van der Waals surface area (Å²) in [6.45, 7) is 4.60. The van der Waals surface area contributed by atoms with Crippen LogP contribution in [0.25, 0.3) is 0 Å². The van der Waals surface area contributed by atoms with E-state index in [4.69, 9.17) is 0 Å². The van der Waals surface area contributed by atoms with Gasteiger partial charge in [-0.15, -0.1) is 0 Å². The predicted molar refractivity (Wildman–Crippen MR) is 97.3 cm³/mol. The normalized spacial score (nSPS) is 11.5. The molecule has 2 aromatic rings. The third-order valence-electron chi connectivity index (χ3n) is 4.79. The Bertz CT molecular complexity index is 473. The van der Waals surface area contributed by atoms with Crippen LogP contribution in [-0.2, 0) is 5.41 Å². The van der Waals surface area contributed by atoms with Crippen LogP contribution in [0.5, 0.6) is 0 Å². The fourth-order valence-corrected chi connectivity index (χ4v) is 3.66. The van der Waals surface area contributed by atoms with Crippen molar-refractivity contribution in [3.05, 3.63) is 71.8 Å². The van der Waals surface area contributed by atoms with Gasteiger partial charge in [-0.2, -0.15) is 0 Å². The van der Waals surface area contributed by atoms with Crippen LogP contribution in [0.1, 0.15) is 69.9 Å². The van der Waals surface area contributed by atoms with Crippen molar-refractivity contribution in [2.75, 3.05) is 0 Å². The van der Waals surface area contributed by atoms with Gasteiger partial charge in [0.15, 0.2) is 0 Å². The minimum Gasteiger partial charge on any atom is -0.0654 e. The van der Waals surface area contributed by atoms with Gasteiger partial charge in [-0.3, -0.25) is 0 Å². The zero-order chi connectivity index (χ0) is 15.7. The lowest BCUT2D eigenvalue weighted by molar-refractivity contribution is 0.408. The van der Waals surface area contributed by atoms with E-state index in [9.17, 15) is 0 Å². The Morgan fingerprint density at radius 1 is 0.591 bits per heavy atom.